The number of rotatable bonds is 7. The summed E-state index contributed by atoms with van der Waals surface area (Å²) in [5, 5.41) is 27.1. The van der Waals surface area contributed by atoms with Crippen LogP contribution in [-0.4, -0.2) is 97.2 Å². The highest BCUT2D eigenvalue weighted by molar-refractivity contribution is 7.90. The molecule has 7 rings (SSSR count). The number of hydrogen-bond donors (Lipinski definition) is 3. The molecule has 1 saturated carbocycles. The smallest absolute Gasteiger partial charge is 0.256 e. The van der Waals surface area contributed by atoms with Crippen LogP contribution in [0, 0.1) is 11.8 Å². The number of piperidine rings is 2. The monoisotopic (exact) mass is 668 g/mol. The van der Waals surface area contributed by atoms with Crippen molar-refractivity contribution in [2.75, 3.05) is 36.4 Å². The second kappa shape index (κ2) is 13.3. The molecule has 1 aromatic carbocycles. The lowest BCUT2D eigenvalue weighted by atomic mass is 10.1. The van der Waals surface area contributed by atoms with Crippen LogP contribution in [-0.2, 0) is 10.0 Å². The van der Waals surface area contributed by atoms with Crippen LogP contribution in [0.5, 0.6) is 0 Å². The van der Waals surface area contributed by atoms with Gasteiger partial charge >= 0.3 is 0 Å². The molecule has 48 heavy (non-hydrogen) atoms. The number of aromatic nitrogens is 5. The molecular formula is C34H36N8O5S. The van der Waals surface area contributed by atoms with E-state index in [4.69, 9.17) is 0 Å². The summed E-state index contributed by atoms with van der Waals surface area (Å²) in [5.74, 6) is 7.68. The number of aliphatic hydroxyl groups excluding tert-OH is 2. The fraction of sp³-hybridized carbons (Fsp3) is 0.382. The highest BCUT2D eigenvalue weighted by Gasteiger charge is 2.37. The van der Waals surface area contributed by atoms with Crippen LogP contribution < -0.4 is 10.2 Å². The van der Waals surface area contributed by atoms with E-state index in [-0.39, 0.29) is 17.3 Å². The van der Waals surface area contributed by atoms with E-state index in [1.165, 1.54) is 12.4 Å². The van der Waals surface area contributed by atoms with Crippen molar-refractivity contribution < 1.29 is 23.4 Å². The molecule has 2 aliphatic heterocycles. The van der Waals surface area contributed by atoms with Crippen LogP contribution in [0.1, 0.15) is 60.0 Å². The highest BCUT2D eigenvalue weighted by Crippen LogP contribution is 2.31. The zero-order valence-corrected chi connectivity index (χ0v) is 27.1. The van der Waals surface area contributed by atoms with Gasteiger partial charge in [-0.25, -0.2) is 23.4 Å². The molecule has 3 fully saturated rings. The van der Waals surface area contributed by atoms with Gasteiger partial charge in [0.25, 0.3) is 15.9 Å². The van der Waals surface area contributed by atoms with Crippen LogP contribution in [0.25, 0.3) is 11.4 Å². The predicted molar refractivity (Wildman–Crippen MR) is 179 cm³/mol. The first-order valence-corrected chi connectivity index (χ1v) is 17.7. The first kappa shape index (κ1) is 31.7. The largest absolute Gasteiger partial charge is 0.393 e. The Labute approximate surface area is 278 Å². The molecule has 0 radical (unpaired) electrons. The van der Waals surface area contributed by atoms with Gasteiger partial charge in [0.2, 0.25) is 0 Å². The number of aliphatic hydroxyl groups is 2. The van der Waals surface area contributed by atoms with Gasteiger partial charge in [-0.1, -0.05) is 11.8 Å². The summed E-state index contributed by atoms with van der Waals surface area (Å²) in [4.78, 5) is 30.2. The molecular weight excluding hydrogens is 632 g/mol. The van der Waals surface area contributed by atoms with Crippen molar-refractivity contribution in [1.29, 1.82) is 0 Å². The van der Waals surface area contributed by atoms with Crippen LogP contribution in [0.3, 0.4) is 0 Å². The number of hydrogen-bond acceptors (Lipinski definition) is 11. The van der Waals surface area contributed by atoms with Crippen molar-refractivity contribution in [2.45, 2.75) is 56.0 Å². The molecule has 3 N–H and O–H groups in total. The molecule has 0 bridgehead atoms. The van der Waals surface area contributed by atoms with Crippen molar-refractivity contribution in [2.24, 2.45) is 0 Å². The van der Waals surface area contributed by atoms with Crippen molar-refractivity contribution in [3.63, 3.8) is 0 Å². The third-order valence-electron chi connectivity index (χ3n) is 8.78. The molecule has 4 aromatic rings. The summed E-state index contributed by atoms with van der Waals surface area (Å²) >= 11 is 0. The number of amides is 1. The quantitative estimate of drug-likeness (QED) is 0.248. The molecule has 14 heteroatoms. The lowest BCUT2D eigenvalue weighted by Crippen LogP contribution is -2.40. The summed E-state index contributed by atoms with van der Waals surface area (Å²) in [6.07, 6.45) is 9.39. The molecule has 0 unspecified atom stereocenters. The summed E-state index contributed by atoms with van der Waals surface area (Å²) in [6, 6.07) is 10.8. The molecule has 1 atom stereocenters. The summed E-state index contributed by atoms with van der Waals surface area (Å²) < 4.78 is 26.2. The average molecular weight is 669 g/mol. The van der Waals surface area contributed by atoms with Crippen LogP contribution >= 0.6 is 0 Å². The van der Waals surface area contributed by atoms with Crippen LogP contribution in [0.2, 0.25) is 0 Å². The average Bonchev–Trinajstić information content (AvgIpc) is 3.85. The van der Waals surface area contributed by atoms with Gasteiger partial charge in [0.05, 0.1) is 46.7 Å². The molecule has 1 amide bonds. The normalized spacial score (nSPS) is 18.7. The van der Waals surface area contributed by atoms with Crippen molar-refractivity contribution in [3.8, 4) is 23.2 Å². The first-order chi connectivity index (χ1) is 23.2. The Morgan fingerprint density at radius 2 is 1.69 bits per heavy atom. The molecule has 3 aromatic heterocycles. The minimum absolute atomic E-state index is 0.0490. The second-order valence-electron chi connectivity index (χ2n) is 12.4. The fourth-order valence-electron chi connectivity index (χ4n) is 5.91. The van der Waals surface area contributed by atoms with Crippen LogP contribution in [0.15, 0.2) is 61.2 Å². The topological polar surface area (TPSA) is 167 Å². The van der Waals surface area contributed by atoms with E-state index in [9.17, 15) is 23.4 Å². The van der Waals surface area contributed by atoms with Crippen molar-refractivity contribution >= 4 is 33.3 Å². The zero-order valence-electron chi connectivity index (χ0n) is 26.2. The van der Waals surface area contributed by atoms with E-state index in [2.05, 4.69) is 42.1 Å². The lowest BCUT2D eigenvalue weighted by Gasteiger charge is -2.32. The number of pyridine rings is 1. The fourth-order valence-corrected chi connectivity index (χ4v) is 7.38. The van der Waals surface area contributed by atoms with Gasteiger partial charge in [-0.15, -0.1) is 0 Å². The van der Waals surface area contributed by atoms with Crippen LogP contribution in [0.4, 0.5) is 17.3 Å². The molecule has 0 spiro atoms. The number of benzene rings is 1. The Kier molecular flexibility index (Phi) is 8.83. The summed E-state index contributed by atoms with van der Waals surface area (Å²) in [5.41, 5.74) is 3.32. The third kappa shape index (κ3) is 7.03. The van der Waals surface area contributed by atoms with E-state index in [0.717, 1.165) is 34.7 Å². The van der Waals surface area contributed by atoms with E-state index >= 15 is 0 Å². The molecule has 1 aliphatic carbocycles. The predicted octanol–water partition coefficient (Wildman–Crippen LogP) is 2.78. The van der Waals surface area contributed by atoms with E-state index < -0.39 is 16.1 Å². The number of likely N-dealkylation sites (tertiary alicyclic amines) is 1. The SMILES string of the molecule is O=C(c1ccc(C#Cc2cnc(Nc3ccnc(-c4cnn(S(=O)(=O)C5CC5)c4)n3)cc2N2CCC[C@H](O)C2)cc1)N1CCC(O)CC1. The van der Waals surface area contributed by atoms with Crippen molar-refractivity contribution in [3.05, 3.63) is 77.9 Å². The maximum atomic E-state index is 12.9. The minimum atomic E-state index is -3.50. The summed E-state index contributed by atoms with van der Waals surface area (Å²) in [7, 11) is -3.50. The standard InChI is InChI=1S/C34H36N8O5S/c43-27-12-16-40(17-13-27)34(45)24-6-3-23(4-7-24)5-8-25-19-36-32(18-30(25)41-15-1-2-28(44)22-41)38-31-11-14-35-33(39-31)26-20-37-42(21-26)48(46,47)29-9-10-29/h3-4,6-7,11,14,18-21,27-29,43-44H,1-2,9-10,12-13,15-17,22H2,(H,35,36,38,39)/t28-/m0/s1. The first-order valence-electron chi connectivity index (χ1n) is 16.1. The molecule has 248 valence electrons. The van der Waals surface area contributed by atoms with E-state index in [0.29, 0.717) is 79.5 Å². The molecule has 5 heterocycles. The van der Waals surface area contributed by atoms with Gasteiger partial charge in [0.1, 0.15) is 11.6 Å². The Hall–Kier alpha value is -4.84. The Bertz CT molecular complexity index is 1980. The zero-order chi connectivity index (χ0) is 33.3. The van der Waals surface area contributed by atoms with E-state index in [1.807, 2.05) is 18.2 Å². The maximum Gasteiger partial charge on any atom is 0.256 e. The highest BCUT2D eigenvalue weighted by atomic mass is 32.2. The lowest BCUT2D eigenvalue weighted by molar-refractivity contribution is 0.0546. The van der Waals surface area contributed by atoms with Gasteiger partial charge in [0, 0.05) is 55.8 Å². The number of carbonyl (C=O) groups is 1. The number of nitrogens with one attached hydrogen (secondary N) is 1. The molecule has 2 saturated heterocycles. The Morgan fingerprint density at radius 1 is 0.896 bits per heavy atom. The number of β-amino-alcohol motifs (C(OH)–C–C–N with tert-alkyl or cyclic N) is 1. The van der Waals surface area contributed by atoms with Gasteiger partial charge in [-0.05, 0) is 68.9 Å². The molecule has 3 aliphatic rings. The number of carbonyl (C=O) groups excluding carboxylic acids is 1. The minimum Gasteiger partial charge on any atom is -0.393 e. The van der Waals surface area contributed by atoms with Gasteiger partial charge in [-0.2, -0.15) is 9.19 Å². The van der Waals surface area contributed by atoms with Gasteiger partial charge in [-0.3, -0.25) is 4.79 Å². The second-order valence-corrected chi connectivity index (χ2v) is 14.5. The van der Waals surface area contributed by atoms with Gasteiger partial charge in [0.15, 0.2) is 5.82 Å². The number of nitrogens with zero attached hydrogens (tertiary/aromatic N) is 7. The Morgan fingerprint density at radius 3 is 2.44 bits per heavy atom. The Balaban J connectivity index is 1.10. The van der Waals surface area contributed by atoms with E-state index in [1.54, 1.807) is 35.5 Å². The third-order valence-corrected chi connectivity index (χ3v) is 10.8. The summed E-state index contributed by atoms with van der Waals surface area (Å²) in [6.45, 7) is 2.31. The van der Waals surface area contributed by atoms with Gasteiger partial charge < -0.3 is 25.3 Å². The maximum absolute atomic E-state index is 12.9. The molecule has 13 nitrogen and oxygen atoms in total. The van der Waals surface area contributed by atoms with Crippen molar-refractivity contribution in [1.82, 2.24) is 29.0 Å². The number of anilines is 3.